The number of carbonyl (C=O) groups is 1. The van der Waals surface area contributed by atoms with Crippen molar-refractivity contribution in [1.82, 2.24) is 4.57 Å². The number of aryl methyl sites for hydroxylation is 1. The summed E-state index contributed by atoms with van der Waals surface area (Å²) in [5.41, 5.74) is 1.55. The molecule has 2 N–H and O–H groups in total. The first-order chi connectivity index (χ1) is 9.51. The average Bonchev–Trinajstić information content (AvgIpc) is 2.78. The number of hydrogen-bond donors (Lipinski definition) is 2. The molecular formula is C14H12FN3O2. The van der Waals surface area contributed by atoms with E-state index in [4.69, 9.17) is 10.4 Å². The number of carboxylic acids is 1. The van der Waals surface area contributed by atoms with E-state index in [2.05, 4.69) is 11.4 Å². The first kappa shape index (κ1) is 13.6. The summed E-state index contributed by atoms with van der Waals surface area (Å²) in [7, 11) is 1.77. The third-order valence-electron chi connectivity index (χ3n) is 2.87. The fourth-order valence-corrected chi connectivity index (χ4v) is 1.84. The lowest BCUT2D eigenvalue weighted by molar-refractivity contribution is 0.0692. The monoisotopic (exact) mass is 273 g/mol. The molecule has 1 aromatic carbocycles. The predicted molar refractivity (Wildman–Crippen MR) is 70.8 cm³/mol. The summed E-state index contributed by atoms with van der Waals surface area (Å²) in [5.74, 6) is -2.08. The Morgan fingerprint density at radius 3 is 2.85 bits per heavy atom. The van der Waals surface area contributed by atoms with E-state index in [9.17, 15) is 9.18 Å². The fourth-order valence-electron chi connectivity index (χ4n) is 1.84. The van der Waals surface area contributed by atoms with Crippen LogP contribution in [0.2, 0.25) is 0 Å². The third kappa shape index (κ3) is 2.78. The molecule has 2 aromatic rings. The number of hydrogen-bond acceptors (Lipinski definition) is 3. The molecular weight excluding hydrogens is 261 g/mol. The Morgan fingerprint density at radius 2 is 2.25 bits per heavy atom. The van der Waals surface area contributed by atoms with Crippen molar-refractivity contribution in [3.05, 3.63) is 53.1 Å². The Bertz CT molecular complexity index is 701. The molecule has 5 nitrogen and oxygen atoms in total. The van der Waals surface area contributed by atoms with Gasteiger partial charge in [0.15, 0.2) is 0 Å². The highest BCUT2D eigenvalue weighted by Gasteiger charge is 2.10. The van der Waals surface area contributed by atoms with E-state index < -0.39 is 11.8 Å². The van der Waals surface area contributed by atoms with Crippen LogP contribution in [-0.4, -0.2) is 15.6 Å². The van der Waals surface area contributed by atoms with E-state index in [1.807, 2.05) is 0 Å². The van der Waals surface area contributed by atoms with E-state index in [1.165, 1.54) is 12.1 Å². The third-order valence-corrected chi connectivity index (χ3v) is 2.87. The summed E-state index contributed by atoms with van der Waals surface area (Å²) in [6, 6.07) is 7.60. The zero-order valence-electron chi connectivity index (χ0n) is 10.7. The van der Waals surface area contributed by atoms with E-state index in [0.29, 0.717) is 17.9 Å². The van der Waals surface area contributed by atoms with Crippen LogP contribution in [-0.2, 0) is 13.6 Å². The van der Waals surface area contributed by atoms with Gasteiger partial charge in [0.25, 0.3) is 0 Å². The summed E-state index contributed by atoms with van der Waals surface area (Å²) in [4.78, 5) is 10.8. The topological polar surface area (TPSA) is 78.1 Å². The quantitative estimate of drug-likeness (QED) is 0.896. The van der Waals surface area contributed by atoms with Crippen molar-refractivity contribution in [2.24, 2.45) is 7.05 Å². The van der Waals surface area contributed by atoms with Crippen LogP contribution in [0.3, 0.4) is 0 Å². The number of anilines is 1. The van der Waals surface area contributed by atoms with Gasteiger partial charge in [-0.1, -0.05) is 0 Å². The van der Waals surface area contributed by atoms with Gasteiger partial charge in [-0.15, -0.1) is 0 Å². The second-order valence-electron chi connectivity index (χ2n) is 4.31. The van der Waals surface area contributed by atoms with E-state index in [-0.39, 0.29) is 5.56 Å². The molecule has 0 saturated carbocycles. The van der Waals surface area contributed by atoms with Crippen LogP contribution in [0, 0.1) is 17.1 Å². The molecule has 0 spiro atoms. The van der Waals surface area contributed by atoms with Crippen LogP contribution in [0.4, 0.5) is 10.1 Å². The molecule has 2 rings (SSSR count). The number of benzene rings is 1. The van der Waals surface area contributed by atoms with E-state index in [0.717, 1.165) is 11.6 Å². The highest BCUT2D eigenvalue weighted by Crippen LogP contribution is 2.16. The van der Waals surface area contributed by atoms with Crippen molar-refractivity contribution in [2.45, 2.75) is 6.54 Å². The minimum Gasteiger partial charge on any atom is -0.478 e. The van der Waals surface area contributed by atoms with Gasteiger partial charge in [-0.3, -0.25) is 0 Å². The van der Waals surface area contributed by atoms with Crippen molar-refractivity contribution in [3.8, 4) is 6.07 Å². The first-order valence-corrected chi connectivity index (χ1v) is 5.83. The van der Waals surface area contributed by atoms with Gasteiger partial charge in [-0.2, -0.15) is 5.26 Å². The molecule has 0 radical (unpaired) electrons. The summed E-state index contributed by atoms with van der Waals surface area (Å²) < 4.78 is 14.9. The zero-order valence-corrected chi connectivity index (χ0v) is 10.7. The standard InChI is InChI=1S/C14H12FN3O2/c1-18-8-9(4-11(18)6-16)7-17-10-2-3-13(15)12(5-10)14(19)20/h2-5,8,17H,7H2,1H3,(H,19,20). The van der Waals surface area contributed by atoms with Crippen LogP contribution in [0.25, 0.3) is 0 Å². The second-order valence-corrected chi connectivity index (χ2v) is 4.31. The summed E-state index contributed by atoms with van der Waals surface area (Å²) in [6.45, 7) is 0.417. The molecule has 0 aliphatic heterocycles. The number of halogens is 1. The highest BCUT2D eigenvalue weighted by molar-refractivity contribution is 5.89. The van der Waals surface area contributed by atoms with Gasteiger partial charge in [-0.25, -0.2) is 9.18 Å². The van der Waals surface area contributed by atoms with Gasteiger partial charge in [-0.05, 0) is 29.8 Å². The Labute approximate surface area is 114 Å². The van der Waals surface area contributed by atoms with Gasteiger partial charge < -0.3 is 15.0 Å². The molecule has 0 fully saturated rings. The maximum Gasteiger partial charge on any atom is 0.338 e. The smallest absolute Gasteiger partial charge is 0.338 e. The Morgan fingerprint density at radius 1 is 1.50 bits per heavy atom. The van der Waals surface area contributed by atoms with Crippen LogP contribution in [0.5, 0.6) is 0 Å². The van der Waals surface area contributed by atoms with E-state index >= 15 is 0 Å². The van der Waals surface area contributed by atoms with Crippen LogP contribution in [0.15, 0.2) is 30.5 Å². The van der Waals surface area contributed by atoms with E-state index in [1.54, 1.807) is 23.9 Å². The van der Waals surface area contributed by atoms with Gasteiger partial charge in [0, 0.05) is 25.5 Å². The second kappa shape index (κ2) is 5.45. The SMILES string of the molecule is Cn1cc(CNc2ccc(F)c(C(=O)O)c2)cc1C#N. The number of nitrogens with zero attached hydrogens (tertiary/aromatic N) is 2. The maximum atomic E-state index is 13.2. The number of rotatable bonds is 4. The lowest BCUT2D eigenvalue weighted by Crippen LogP contribution is -2.04. The molecule has 6 heteroatoms. The molecule has 0 atom stereocenters. The molecule has 0 saturated heterocycles. The van der Waals surface area contributed by atoms with Crippen molar-refractivity contribution in [1.29, 1.82) is 5.26 Å². The molecule has 20 heavy (non-hydrogen) atoms. The van der Waals surface area contributed by atoms with Gasteiger partial charge in [0.05, 0.1) is 5.56 Å². The minimum absolute atomic E-state index is 0.374. The number of aromatic carboxylic acids is 1. The van der Waals surface area contributed by atoms with Crippen molar-refractivity contribution < 1.29 is 14.3 Å². The van der Waals surface area contributed by atoms with Crippen molar-refractivity contribution in [3.63, 3.8) is 0 Å². The molecule has 1 heterocycles. The Hall–Kier alpha value is -2.81. The number of nitrogens with one attached hydrogen (secondary N) is 1. The molecule has 0 aliphatic rings. The normalized spacial score (nSPS) is 10.1. The van der Waals surface area contributed by atoms with Crippen LogP contribution < -0.4 is 5.32 Å². The first-order valence-electron chi connectivity index (χ1n) is 5.83. The predicted octanol–water partition coefficient (Wildman–Crippen LogP) is 2.35. The minimum atomic E-state index is -1.31. The molecule has 0 bridgehead atoms. The average molecular weight is 273 g/mol. The van der Waals surface area contributed by atoms with Gasteiger partial charge in [0.1, 0.15) is 17.6 Å². The number of aromatic nitrogens is 1. The van der Waals surface area contributed by atoms with Crippen molar-refractivity contribution in [2.75, 3.05) is 5.32 Å². The molecule has 0 amide bonds. The lowest BCUT2D eigenvalue weighted by atomic mass is 10.2. The summed E-state index contributed by atoms with van der Waals surface area (Å²) >= 11 is 0. The number of nitriles is 1. The van der Waals surface area contributed by atoms with Crippen LogP contribution >= 0.6 is 0 Å². The van der Waals surface area contributed by atoms with Crippen molar-refractivity contribution >= 4 is 11.7 Å². The summed E-state index contributed by atoms with van der Waals surface area (Å²) in [6.07, 6.45) is 1.80. The Balaban J connectivity index is 2.13. The maximum absolute atomic E-state index is 13.2. The zero-order chi connectivity index (χ0) is 14.7. The molecule has 0 unspecified atom stereocenters. The highest BCUT2D eigenvalue weighted by atomic mass is 19.1. The van der Waals surface area contributed by atoms with Crippen LogP contribution in [0.1, 0.15) is 21.6 Å². The number of carboxylic acid groups (broad SMARTS) is 1. The summed E-state index contributed by atoms with van der Waals surface area (Å²) in [5, 5.41) is 20.7. The Kier molecular flexibility index (Phi) is 3.71. The fraction of sp³-hybridized carbons (Fsp3) is 0.143. The largest absolute Gasteiger partial charge is 0.478 e. The lowest BCUT2D eigenvalue weighted by Gasteiger charge is -2.06. The molecule has 0 aliphatic carbocycles. The van der Waals surface area contributed by atoms with Gasteiger partial charge in [0.2, 0.25) is 0 Å². The molecule has 102 valence electrons. The molecule has 1 aromatic heterocycles. The van der Waals surface area contributed by atoms with Gasteiger partial charge >= 0.3 is 5.97 Å².